The normalized spacial score (nSPS) is 47.2. The molecule has 1 heterocycles. The highest BCUT2D eigenvalue weighted by atomic mass is 16.5. The summed E-state index contributed by atoms with van der Waals surface area (Å²) in [5, 5.41) is 10.7. The standard InChI is InChI=1S/C16H30O2/c1-5-13-6-8-14(9-7-13)16(17)15-10(2)11(3)18-12(15)4/h10-17H,5-9H2,1-4H3. The minimum Gasteiger partial charge on any atom is -0.392 e. The molecule has 0 amide bonds. The molecule has 2 aliphatic rings. The van der Waals surface area contributed by atoms with E-state index in [1.807, 2.05) is 0 Å². The van der Waals surface area contributed by atoms with Crippen molar-refractivity contribution in [2.75, 3.05) is 0 Å². The van der Waals surface area contributed by atoms with Crippen LogP contribution in [0.5, 0.6) is 0 Å². The third-order valence-electron chi connectivity index (χ3n) is 5.66. The van der Waals surface area contributed by atoms with E-state index < -0.39 is 0 Å². The van der Waals surface area contributed by atoms with Gasteiger partial charge in [-0.25, -0.2) is 0 Å². The van der Waals surface area contributed by atoms with Crippen LogP contribution >= 0.6 is 0 Å². The van der Waals surface area contributed by atoms with Gasteiger partial charge in [0.25, 0.3) is 0 Å². The van der Waals surface area contributed by atoms with E-state index in [0.717, 1.165) is 5.92 Å². The Bertz CT molecular complexity index is 258. The van der Waals surface area contributed by atoms with E-state index in [1.165, 1.54) is 32.1 Å². The van der Waals surface area contributed by atoms with Crippen molar-refractivity contribution in [3.63, 3.8) is 0 Å². The maximum Gasteiger partial charge on any atom is 0.0624 e. The topological polar surface area (TPSA) is 29.5 Å². The van der Waals surface area contributed by atoms with E-state index in [9.17, 15) is 5.11 Å². The molecule has 0 radical (unpaired) electrons. The summed E-state index contributed by atoms with van der Waals surface area (Å²) in [6, 6.07) is 0. The summed E-state index contributed by atoms with van der Waals surface area (Å²) < 4.78 is 5.88. The molecule has 1 saturated heterocycles. The minimum absolute atomic E-state index is 0.155. The van der Waals surface area contributed by atoms with Gasteiger partial charge in [0, 0.05) is 5.92 Å². The van der Waals surface area contributed by atoms with E-state index in [2.05, 4.69) is 27.7 Å². The van der Waals surface area contributed by atoms with E-state index in [-0.39, 0.29) is 12.2 Å². The number of hydrogen-bond donors (Lipinski definition) is 1. The SMILES string of the molecule is CCC1CCC(C(O)C2C(C)OC(C)C2C)CC1. The number of aliphatic hydroxyl groups is 1. The molecular weight excluding hydrogens is 224 g/mol. The molecule has 0 aromatic carbocycles. The van der Waals surface area contributed by atoms with Crippen LogP contribution < -0.4 is 0 Å². The fraction of sp³-hybridized carbons (Fsp3) is 1.00. The van der Waals surface area contributed by atoms with Crippen LogP contribution in [0.1, 0.15) is 59.8 Å². The van der Waals surface area contributed by atoms with Crippen molar-refractivity contribution < 1.29 is 9.84 Å². The predicted molar refractivity (Wildman–Crippen MR) is 74.4 cm³/mol. The van der Waals surface area contributed by atoms with Gasteiger partial charge in [-0.1, -0.05) is 33.1 Å². The van der Waals surface area contributed by atoms with Gasteiger partial charge < -0.3 is 9.84 Å². The van der Waals surface area contributed by atoms with Crippen molar-refractivity contribution in [2.45, 2.75) is 78.1 Å². The minimum atomic E-state index is -0.155. The van der Waals surface area contributed by atoms with Crippen LogP contribution in [0.4, 0.5) is 0 Å². The fourth-order valence-electron chi connectivity index (χ4n) is 4.13. The first-order valence-corrected chi connectivity index (χ1v) is 7.88. The Morgan fingerprint density at radius 1 is 1.06 bits per heavy atom. The first-order valence-electron chi connectivity index (χ1n) is 7.88. The molecule has 2 nitrogen and oxygen atoms in total. The van der Waals surface area contributed by atoms with Crippen LogP contribution in [0.15, 0.2) is 0 Å². The van der Waals surface area contributed by atoms with Crippen LogP contribution in [0.2, 0.25) is 0 Å². The fourth-order valence-corrected chi connectivity index (χ4v) is 4.13. The Kier molecular flexibility index (Phi) is 4.71. The van der Waals surface area contributed by atoms with Gasteiger partial charge in [0.1, 0.15) is 0 Å². The van der Waals surface area contributed by atoms with Crippen LogP contribution in [-0.2, 0) is 4.74 Å². The molecular formula is C16H30O2. The molecule has 0 aromatic rings. The van der Waals surface area contributed by atoms with Crippen LogP contribution in [0.25, 0.3) is 0 Å². The molecule has 2 heteroatoms. The lowest BCUT2D eigenvalue weighted by Gasteiger charge is -2.36. The monoisotopic (exact) mass is 254 g/mol. The van der Waals surface area contributed by atoms with Crippen molar-refractivity contribution in [1.29, 1.82) is 0 Å². The molecule has 1 aliphatic heterocycles. The molecule has 5 unspecified atom stereocenters. The zero-order valence-corrected chi connectivity index (χ0v) is 12.4. The van der Waals surface area contributed by atoms with Gasteiger partial charge in [0.15, 0.2) is 0 Å². The van der Waals surface area contributed by atoms with Gasteiger partial charge in [0.2, 0.25) is 0 Å². The van der Waals surface area contributed by atoms with Gasteiger partial charge in [-0.3, -0.25) is 0 Å². The summed E-state index contributed by atoms with van der Waals surface area (Å²) >= 11 is 0. The highest BCUT2D eigenvalue weighted by Crippen LogP contribution is 2.41. The zero-order chi connectivity index (χ0) is 13.3. The second-order valence-corrected chi connectivity index (χ2v) is 6.66. The van der Waals surface area contributed by atoms with Crippen LogP contribution in [0.3, 0.4) is 0 Å². The summed E-state index contributed by atoms with van der Waals surface area (Å²) in [5.41, 5.74) is 0. The van der Waals surface area contributed by atoms with E-state index in [4.69, 9.17) is 4.74 Å². The summed E-state index contributed by atoms with van der Waals surface area (Å²) in [6.45, 7) is 8.80. The Hall–Kier alpha value is -0.0800. The van der Waals surface area contributed by atoms with E-state index in [0.29, 0.717) is 23.9 Å². The highest BCUT2D eigenvalue weighted by Gasteiger charge is 2.44. The summed E-state index contributed by atoms with van der Waals surface area (Å²) in [6.07, 6.45) is 6.71. The summed E-state index contributed by atoms with van der Waals surface area (Å²) in [5.74, 6) is 2.24. The van der Waals surface area contributed by atoms with Gasteiger partial charge in [-0.2, -0.15) is 0 Å². The Morgan fingerprint density at radius 2 is 1.67 bits per heavy atom. The maximum absolute atomic E-state index is 10.7. The average Bonchev–Trinajstić information content (AvgIpc) is 2.63. The van der Waals surface area contributed by atoms with Gasteiger partial charge in [-0.15, -0.1) is 0 Å². The maximum atomic E-state index is 10.7. The predicted octanol–water partition coefficient (Wildman–Crippen LogP) is 3.62. The smallest absolute Gasteiger partial charge is 0.0624 e. The van der Waals surface area contributed by atoms with Crippen LogP contribution in [0, 0.1) is 23.7 Å². The number of aliphatic hydroxyl groups excluding tert-OH is 1. The second kappa shape index (κ2) is 5.92. The molecule has 2 fully saturated rings. The number of hydrogen-bond acceptors (Lipinski definition) is 2. The first kappa shape index (κ1) is 14.3. The first-order chi connectivity index (χ1) is 8.54. The second-order valence-electron chi connectivity index (χ2n) is 6.66. The molecule has 0 bridgehead atoms. The van der Waals surface area contributed by atoms with Crippen molar-refractivity contribution in [3.05, 3.63) is 0 Å². The molecule has 106 valence electrons. The van der Waals surface area contributed by atoms with Crippen molar-refractivity contribution in [2.24, 2.45) is 23.7 Å². The Balaban J connectivity index is 1.93. The van der Waals surface area contributed by atoms with Crippen LogP contribution in [-0.4, -0.2) is 23.4 Å². The molecule has 2 rings (SSSR count). The summed E-state index contributed by atoms with van der Waals surface area (Å²) in [4.78, 5) is 0. The van der Waals surface area contributed by atoms with Gasteiger partial charge in [-0.05, 0) is 44.4 Å². The lowest BCUT2D eigenvalue weighted by Crippen LogP contribution is -2.38. The van der Waals surface area contributed by atoms with Crippen molar-refractivity contribution >= 4 is 0 Å². The van der Waals surface area contributed by atoms with Crippen molar-refractivity contribution in [1.82, 2.24) is 0 Å². The van der Waals surface area contributed by atoms with E-state index >= 15 is 0 Å². The quantitative estimate of drug-likeness (QED) is 0.833. The molecule has 1 aliphatic carbocycles. The average molecular weight is 254 g/mol. The van der Waals surface area contributed by atoms with E-state index in [1.54, 1.807) is 0 Å². The Labute approximate surface area is 112 Å². The van der Waals surface area contributed by atoms with Gasteiger partial charge >= 0.3 is 0 Å². The molecule has 18 heavy (non-hydrogen) atoms. The van der Waals surface area contributed by atoms with Gasteiger partial charge in [0.05, 0.1) is 18.3 Å². The number of rotatable bonds is 3. The lowest BCUT2D eigenvalue weighted by molar-refractivity contribution is -0.0141. The molecule has 0 aromatic heterocycles. The highest BCUT2D eigenvalue weighted by molar-refractivity contribution is 4.92. The Morgan fingerprint density at radius 3 is 2.11 bits per heavy atom. The zero-order valence-electron chi connectivity index (χ0n) is 12.4. The number of ether oxygens (including phenoxy) is 1. The molecule has 0 spiro atoms. The third kappa shape index (κ3) is 2.75. The molecule has 1 N–H and O–H groups in total. The largest absolute Gasteiger partial charge is 0.392 e. The third-order valence-corrected chi connectivity index (χ3v) is 5.66. The molecule has 5 atom stereocenters. The molecule has 1 saturated carbocycles. The lowest BCUT2D eigenvalue weighted by atomic mass is 9.72. The summed E-state index contributed by atoms with van der Waals surface area (Å²) in [7, 11) is 0. The van der Waals surface area contributed by atoms with Crippen molar-refractivity contribution in [3.8, 4) is 0 Å².